The van der Waals surface area contributed by atoms with E-state index in [-0.39, 0.29) is 18.4 Å². The van der Waals surface area contributed by atoms with Crippen molar-refractivity contribution >= 4 is 29.4 Å². The summed E-state index contributed by atoms with van der Waals surface area (Å²) in [6, 6.07) is 19.6. The first-order valence-electron chi connectivity index (χ1n) is 12.3. The average Bonchev–Trinajstić information content (AvgIpc) is 3.20. The van der Waals surface area contributed by atoms with Crippen molar-refractivity contribution in [1.82, 2.24) is 14.8 Å². The van der Waals surface area contributed by atoms with Gasteiger partial charge in [0.15, 0.2) is 11.5 Å². The molecule has 3 aromatic carbocycles. The minimum absolute atomic E-state index is 0.0205. The van der Waals surface area contributed by atoms with Crippen molar-refractivity contribution in [2.75, 3.05) is 7.05 Å². The molecule has 10 heteroatoms. The molecular formula is C30H24ClF2N5O2. The molecular weight excluding hydrogens is 536 g/mol. The van der Waals surface area contributed by atoms with Gasteiger partial charge in [0.1, 0.15) is 11.6 Å². The van der Waals surface area contributed by atoms with Gasteiger partial charge in [-0.05, 0) is 64.7 Å². The van der Waals surface area contributed by atoms with Crippen LogP contribution in [0.15, 0.2) is 96.2 Å². The number of rotatable bonds is 7. The second kappa shape index (κ2) is 10.9. The van der Waals surface area contributed by atoms with Gasteiger partial charge in [-0.1, -0.05) is 48.0 Å². The van der Waals surface area contributed by atoms with Gasteiger partial charge >= 0.3 is 0 Å². The molecule has 2 amide bonds. The van der Waals surface area contributed by atoms with E-state index in [1.165, 1.54) is 65.8 Å². The number of hydrogen-bond donors (Lipinski definition) is 1. The van der Waals surface area contributed by atoms with Crippen LogP contribution in [-0.4, -0.2) is 39.6 Å². The lowest BCUT2D eigenvalue weighted by Gasteiger charge is -2.27. The number of hydrogen-bond acceptors (Lipinski definition) is 5. The summed E-state index contributed by atoms with van der Waals surface area (Å²) in [4.78, 5) is 38.7. The van der Waals surface area contributed by atoms with Crippen LogP contribution in [-0.2, 0) is 23.4 Å². The van der Waals surface area contributed by atoms with Crippen molar-refractivity contribution in [2.24, 2.45) is 10.7 Å². The van der Waals surface area contributed by atoms with Crippen molar-refractivity contribution in [3.05, 3.63) is 136 Å². The molecule has 1 aromatic heterocycles. The lowest BCUT2D eigenvalue weighted by atomic mass is 9.82. The number of carbonyl (C=O) groups is 2. The quantitative estimate of drug-likeness (QED) is 0.349. The Labute approximate surface area is 234 Å². The lowest BCUT2D eigenvalue weighted by molar-refractivity contribution is -0.130. The zero-order valence-electron chi connectivity index (χ0n) is 21.4. The third-order valence-corrected chi connectivity index (χ3v) is 6.95. The molecule has 0 radical (unpaired) electrons. The van der Waals surface area contributed by atoms with Crippen molar-refractivity contribution in [2.45, 2.75) is 18.6 Å². The molecule has 1 aliphatic heterocycles. The maximum Gasteiger partial charge on any atom is 0.266 e. The Balaban J connectivity index is 1.42. The summed E-state index contributed by atoms with van der Waals surface area (Å²) in [6.07, 6.45) is 2.99. The maximum atomic E-state index is 14.0. The Morgan fingerprint density at radius 3 is 2.08 bits per heavy atom. The van der Waals surface area contributed by atoms with Crippen molar-refractivity contribution in [1.29, 1.82) is 0 Å². The summed E-state index contributed by atoms with van der Waals surface area (Å²) in [6.45, 7) is 0.343. The van der Waals surface area contributed by atoms with Crippen LogP contribution in [0, 0.1) is 11.6 Å². The number of carbonyl (C=O) groups excluding carboxylic acids is 2. The fourth-order valence-electron chi connectivity index (χ4n) is 4.69. The van der Waals surface area contributed by atoms with Crippen LogP contribution in [0.1, 0.15) is 32.6 Å². The molecule has 1 aliphatic rings. The van der Waals surface area contributed by atoms with E-state index in [1.807, 2.05) is 12.1 Å². The molecule has 2 N–H and O–H groups in total. The molecule has 0 fully saturated rings. The number of halogens is 3. The van der Waals surface area contributed by atoms with Crippen LogP contribution < -0.4 is 5.73 Å². The van der Waals surface area contributed by atoms with E-state index < -0.39 is 23.1 Å². The predicted octanol–water partition coefficient (Wildman–Crippen LogP) is 4.89. The molecule has 0 bridgehead atoms. The predicted molar refractivity (Wildman–Crippen MR) is 147 cm³/mol. The smallest absolute Gasteiger partial charge is 0.266 e. The number of nitrogens with zero attached hydrogens (tertiary/aromatic N) is 4. The number of nitrogens with two attached hydrogens (primary N) is 1. The standard InChI is InChI=1S/C30H24ClF2N5O2/c1-37(17-19-2-8-24(31)9-3-19)27(39)21-14-20(15-35-16-21)18-38-28(40)30(36-29(38)34,22-4-10-25(32)11-5-22)23-6-12-26(33)13-7-23/h2-16H,17-18H2,1H3,(H2,34,36). The van der Waals surface area contributed by atoms with Crippen LogP contribution in [0.25, 0.3) is 0 Å². The number of aromatic nitrogens is 1. The monoisotopic (exact) mass is 559 g/mol. The molecule has 0 aliphatic carbocycles. The third-order valence-electron chi connectivity index (χ3n) is 6.70. The van der Waals surface area contributed by atoms with Gasteiger partial charge in [0.05, 0.1) is 12.1 Å². The van der Waals surface area contributed by atoms with Gasteiger partial charge < -0.3 is 10.6 Å². The third kappa shape index (κ3) is 5.15. The molecule has 40 heavy (non-hydrogen) atoms. The van der Waals surface area contributed by atoms with E-state index in [9.17, 15) is 18.4 Å². The number of amides is 2. The number of aliphatic imine (C=N–C) groups is 1. The highest BCUT2D eigenvalue weighted by molar-refractivity contribution is 6.30. The van der Waals surface area contributed by atoms with Crippen molar-refractivity contribution in [3.8, 4) is 0 Å². The summed E-state index contributed by atoms with van der Waals surface area (Å²) >= 11 is 5.95. The van der Waals surface area contributed by atoms with Gasteiger partial charge in [-0.15, -0.1) is 0 Å². The largest absolute Gasteiger partial charge is 0.369 e. The fraction of sp³-hybridized carbons (Fsp3) is 0.133. The topological polar surface area (TPSA) is 91.9 Å². The highest BCUT2D eigenvalue weighted by Gasteiger charge is 2.50. The van der Waals surface area contributed by atoms with Crippen LogP contribution in [0.5, 0.6) is 0 Å². The molecule has 0 saturated heterocycles. The van der Waals surface area contributed by atoms with Crippen LogP contribution in [0.2, 0.25) is 5.02 Å². The molecule has 0 spiro atoms. The van der Waals surface area contributed by atoms with Crippen LogP contribution in [0.4, 0.5) is 8.78 Å². The van der Waals surface area contributed by atoms with Gasteiger partial charge in [-0.25, -0.2) is 13.8 Å². The van der Waals surface area contributed by atoms with Gasteiger partial charge in [-0.3, -0.25) is 19.5 Å². The Kier molecular flexibility index (Phi) is 7.32. The summed E-state index contributed by atoms with van der Waals surface area (Å²) in [5.41, 5.74) is 7.18. The SMILES string of the molecule is CN(Cc1ccc(Cl)cc1)C(=O)c1cncc(CN2C(=O)C(c3ccc(F)cc3)(c3ccc(F)cc3)N=C2N)c1. The van der Waals surface area contributed by atoms with E-state index in [4.69, 9.17) is 17.3 Å². The van der Waals surface area contributed by atoms with Crippen molar-refractivity contribution < 1.29 is 18.4 Å². The number of guanidine groups is 1. The van der Waals surface area contributed by atoms with Gasteiger partial charge in [0.2, 0.25) is 0 Å². The molecule has 0 saturated carbocycles. The number of pyridine rings is 1. The minimum atomic E-state index is -1.63. The molecule has 7 nitrogen and oxygen atoms in total. The second-order valence-corrected chi connectivity index (χ2v) is 9.89. The maximum absolute atomic E-state index is 14.0. The minimum Gasteiger partial charge on any atom is -0.369 e. The normalized spacial score (nSPS) is 14.2. The second-order valence-electron chi connectivity index (χ2n) is 9.46. The zero-order valence-corrected chi connectivity index (χ0v) is 22.1. The highest BCUT2D eigenvalue weighted by atomic mass is 35.5. The van der Waals surface area contributed by atoms with E-state index in [0.717, 1.165) is 5.56 Å². The molecule has 202 valence electrons. The molecule has 0 unspecified atom stereocenters. The van der Waals surface area contributed by atoms with Crippen molar-refractivity contribution in [3.63, 3.8) is 0 Å². The van der Waals surface area contributed by atoms with Crippen LogP contribution in [0.3, 0.4) is 0 Å². The molecule has 0 atom stereocenters. The van der Waals surface area contributed by atoms with E-state index >= 15 is 0 Å². The first kappa shape index (κ1) is 27.0. The summed E-state index contributed by atoms with van der Waals surface area (Å²) in [5, 5.41) is 0.608. The van der Waals surface area contributed by atoms with E-state index in [1.54, 1.807) is 30.1 Å². The lowest BCUT2D eigenvalue weighted by Crippen LogP contribution is -2.43. The molecule has 5 rings (SSSR count). The first-order valence-corrected chi connectivity index (χ1v) is 12.7. The van der Waals surface area contributed by atoms with Gasteiger partial charge in [-0.2, -0.15) is 0 Å². The zero-order chi connectivity index (χ0) is 28.4. The molecule has 2 heterocycles. The summed E-state index contributed by atoms with van der Waals surface area (Å²) in [7, 11) is 1.68. The highest BCUT2D eigenvalue weighted by Crippen LogP contribution is 2.40. The first-order chi connectivity index (χ1) is 19.2. The Hall–Kier alpha value is -4.63. The fourth-order valence-corrected chi connectivity index (χ4v) is 4.81. The average molecular weight is 560 g/mol. The Morgan fingerprint density at radius 2 is 1.50 bits per heavy atom. The van der Waals surface area contributed by atoms with Gasteiger partial charge in [0.25, 0.3) is 11.8 Å². The Morgan fingerprint density at radius 1 is 0.925 bits per heavy atom. The summed E-state index contributed by atoms with van der Waals surface area (Å²) < 4.78 is 27.5. The molecule has 4 aromatic rings. The van der Waals surface area contributed by atoms with E-state index in [2.05, 4.69) is 9.98 Å². The summed E-state index contributed by atoms with van der Waals surface area (Å²) in [5.74, 6) is -1.79. The van der Waals surface area contributed by atoms with E-state index in [0.29, 0.717) is 33.8 Å². The van der Waals surface area contributed by atoms with Gasteiger partial charge in [0, 0.05) is 31.0 Å². The Bertz CT molecular complexity index is 1550. The van der Waals surface area contributed by atoms with Crippen LogP contribution >= 0.6 is 11.6 Å². The number of benzene rings is 3.